The lowest BCUT2D eigenvalue weighted by Gasteiger charge is -2.38. The number of nitrogens with one attached hydrogen (secondary N) is 1. The topological polar surface area (TPSA) is 87.5 Å². The SMILES string of the molecule is COc1cc(-c2nc3n(n2)[C@@H](c2ccc(Cl)cc2)C2=C(CC(C)(C)CC2=O)N3)cc(OC)c1OC. The smallest absolute Gasteiger partial charge is 0.226 e. The number of allylic oxidation sites excluding steroid dienone is 2. The van der Waals surface area contributed by atoms with Gasteiger partial charge in [0.25, 0.3) is 0 Å². The first kappa shape index (κ1) is 23.2. The Hall–Kier alpha value is -3.52. The van der Waals surface area contributed by atoms with Crippen LogP contribution in [0.5, 0.6) is 17.2 Å². The fraction of sp³-hybridized carbons (Fsp3) is 0.346. The number of ether oxygens (including phenoxy) is 3. The molecule has 1 atom stereocenters. The molecule has 2 aromatic carbocycles. The molecule has 0 fully saturated rings. The van der Waals surface area contributed by atoms with Gasteiger partial charge < -0.3 is 19.5 Å². The van der Waals surface area contributed by atoms with E-state index in [4.69, 9.17) is 35.9 Å². The van der Waals surface area contributed by atoms with Crippen molar-refractivity contribution >= 4 is 23.3 Å². The number of carbonyl (C=O) groups excluding carboxylic acids is 1. The zero-order valence-corrected chi connectivity index (χ0v) is 21.1. The molecular weight excluding hydrogens is 468 g/mol. The first-order chi connectivity index (χ1) is 16.7. The molecule has 1 N–H and O–H groups in total. The monoisotopic (exact) mass is 494 g/mol. The van der Waals surface area contributed by atoms with Crippen molar-refractivity contribution in [2.45, 2.75) is 32.7 Å². The van der Waals surface area contributed by atoms with Crippen molar-refractivity contribution in [3.05, 3.63) is 58.3 Å². The summed E-state index contributed by atoms with van der Waals surface area (Å²) >= 11 is 6.16. The number of hydrogen-bond donors (Lipinski definition) is 1. The van der Waals surface area contributed by atoms with Crippen molar-refractivity contribution in [2.75, 3.05) is 26.6 Å². The van der Waals surface area contributed by atoms with Crippen LogP contribution in [0.2, 0.25) is 5.02 Å². The normalized spacial score (nSPS) is 18.5. The molecule has 3 aromatic rings. The minimum Gasteiger partial charge on any atom is -0.493 e. The Morgan fingerprint density at radius 1 is 1.03 bits per heavy atom. The number of ketones is 1. The Morgan fingerprint density at radius 2 is 1.69 bits per heavy atom. The summed E-state index contributed by atoms with van der Waals surface area (Å²) in [6.07, 6.45) is 1.21. The van der Waals surface area contributed by atoms with Crippen LogP contribution in [0.15, 0.2) is 47.7 Å². The lowest BCUT2D eigenvalue weighted by molar-refractivity contribution is -0.118. The van der Waals surface area contributed by atoms with E-state index in [0.717, 1.165) is 23.3 Å². The highest BCUT2D eigenvalue weighted by Crippen LogP contribution is 2.46. The number of hydrogen-bond acceptors (Lipinski definition) is 7. The molecule has 0 spiro atoms. The van der Waals surface area contributed by atoms with Crippen LogP contribution >= 0.6 is 11.6 Å². The number of halogens is 1. The van der Waals surface area contributed by atoms with E-state index in [-0.39, 0.29) is 11.2 Å². The van der Waals surface area contributed by atoms with E-state index in [9.17, 15) is 4.79 Å². The van der Waals surface area contributed by atoms with Crippen LogP contribution in [0.3, 0.4) is 0 Å². The number of methoxy groups -OCH3 is 3. The largest absolute Gasteiger partial charge is 0.493 e. The second-order valence-electron chi connectivity index (χ2n) is 9.53. The zero-order chi connectivity index (χ0) is 24.9. The van der Waals surface area contributed by atoms with Crippen LogP contribution in [0.25, 0.3) is 11.4 Å². The molecule has 2 aliphatic rings. The van der Waals surface area contributed by atoms with Crippen molar-refractivity contribution < 1.29 is 19.0 Å². The molecule has 2 heterocycles. The van der Waals surface area contributed by atoms with Gasteiger partial charge >= 0.3 is 0 Å². The van der Waals surface area contributed by atoms with E-state index >= 15 is 0 Å². The summed E-state index contributed by atoms with van der Waals surface area (Å²) in [7, 11) is 4.69. The summed E-state index contributed by atoms with van der Waals surface area (Å²) < 4.78 is 18.2. The van der Waals surface area contributed by atoms with Gasteiger partial charge in [-0.2, -0.15) is 4.98 Å². The van der Waals surface area contributed by atoms with Gasteiger partial charge in [-0.05, 0) is 41.7 Å². The van der Waals surface area contributed by atoms with Gasteiger partial charge in [0, 0.05) is 28.3 Å². The maximum Gasteiger partial charge on any atom is 0.226 e. The minimum absolute atomic E-state index is 0.110. The molecule has 0 saturated carbocycles. The molecule has 1 aliphatic heterocycles. The zero-order valence-electron chi connectivity index (χ0n) is 20.3. The van der Waals surface area contributed by atoms with Gasteiger partial charge in [0.2, 0.25) is 11.7 Å². The highest BCUT2D eigenvalue weighted by atomic mass is 35.5. The molecule has 0 saturated heterocycles. The molecule has 0 bridgehead atoms. The van der Waals surface area contributed by atoms with Crippen LogP contribution in [0, 0.1) is 5.41 Å². The van der Waals surface area contributed by atoms with E-state index in [2.05, 4.69) is 19.2 Å². The van der Waals surface area contributed by atoms with Crippen molar-refractivity contribution in [1.29, 1.82) is 0 Å². The summed E-state index contributed by atoms with van der Waals surface area (Å²) in [6.45, 7) is 4.21. The van der Waals surface area contributed by atoms with E-state index in [1.165, 1.54) is 0 Å². The van der Waals surface area contributed by atoms with Gasteiger partial charge in [0.1, 0.15) is 6.04 Å². The van der Waals surface area contributed by atoms with E-state index in [0.29, 0.717) is 46.0 Å². The molecule has 9 heteroatoms. The number of rotatable bonds is 5. The molecule has 35 heavy (non-hydrogen) atoms. The number of fused-ring (bicyclic) bond motifs is 1. The fourth-order valence-corrected chi connectivity index (χ4v) is 5.02. The highest BCUT2D eigenvalue weighted by Gasteiger charge is 2.42. The van der Waals surface area contributed by atoms with Crippen molar-refractivity contribution in [3.8, 4) is 28.6 Å². The van der Waals surface area contributed by atoms with Crippen LogP contribution in [0.4, 0.5) is 5.95 Å². The minimum atomic E-state index is -0.412. The number of Topliss-reactive ketones (excluding diaryl/α,β-unsaturated/α-hetero) is 1. The fourth-order valence-electron chi connectivity index (χ4n) is 4.89. The van der Waals surface area contributed by atoms with Crippen molar-refractivity contribution in [1.82, 2.24) is 14.8 Å². The number of anilines is 1. The predicted molar refractivity (Wildman–Crippen MR) is 133 cm³/mol. The van der Waals surface area contributed by atoms with Gasteiger partial charge in [-0.1, -0.05) is 37.6 Å². The third-order valence-electron chi connectivity index (χ3n) is 6.44. The average molecular weight is 495 g/mol. The summed E-state index contributed by atoms with van der Waals surface area (Å²) in [4.78, 5) is 18.2. The first-order valence-corrected chi connectivity index (χ1v) is 11.7. The lowest BCUT2D eigenvalue weighted by atomic mass is 9.73. The average Bonchev–Trinajstić information content (AvgIpc) is 3.25. The highest BCUT2D eigenvalue weighted by molar-refractivity contribution is 6.30. The first-order valence-electron chi connectivity index (χ1n) is 11.3. The van der Waals surface area contributed by atoms with Crippen LogP contribution in [-0.2, 0) is 4.79 Å². The molecule has 182 valence electrons. The maximum absolute atomic E-state index is 13.4. The van der Waals surface area contributed by atoms with E-state index in [1.807, 2.05) is 36.4 Å². The molecule has 0 radical (unpaired) electrons. The van der Waals surface area contributed by atoms with Crippen LogP contribution < -0.4 is 19.5 Å². The lowest BCUT2D eigenvalue weighted by Crippen LogP contribution is -2.36. The molecule has 8 nitrogen and oxygen atoms in total. The summed E-state index contributed by atoms with van der Waals surface area (Å²) in [5.74, 6) is 2.65. The Labute approximate surface area is 208 Å². The van der Waals surface area contributed by atoms with Crippen molar-refractivity contribution in [3.63, 3.8) is 0 Å². The molecular formula is C26H27ClN4O4. The molecule has 1 aromatic heterocycles. The maximum atomic E-state index is 13.4. The van der Waals surface area contributed by atoms with E-state index < -0.39 is 6.04 Å². The summed E-state index contributed by atoms with van der Waals surface area (Å²) in [5, 5.41) is 8.87. The van der Waals surface area contributed by atoms with Gasteiger partial charge in [0.15, 0.2) is 23.1 Å². The van der Waals surface area contributed by atoms with Crippen molar-refractivity contribution in [2.24, 2.45) is 5.41 Å². The summed E-state index contributed by atoms with van der Waals surface area (Å²) in [6, 6.07) is 10.7. The Kier molecular flexibility index (Phi) is 5.71. The quantitative estimate of drug-likeness (QED) is 0.516. The Morgan fingerprint density at radius 3 is 2.29 bits per heavy atom. The third kappa shape index (κ3) is 4.01. The molecule has 5 rings (SSSR count). The predicted octanol–water partition coefficient (Wildman–Crippen LogP) is 5.28. The molecule has 1 aliphatic carbocycles. The van der Waals surface area contributed by atoms with Gasteiger partial charge in [-0.25, -0.2) is 4.68 Å². The molecule has 0 amide bonds. The third-order valence-corrected chi connectivity index (χ3v) is 6.69. The van der Waals surface area contributed by atoms with Crippen LogP contribution in [0.1, 0.15) is 38.3 Å². The second-order valence-corrected chi connectivity index (χ2v) is 9.97. The van der Waals surface area contributed by atoms with E-state index in [1.54, 1.807) is 26.0 Å². The standard InChI is InChI=1S/C26H27ClN4O4/c1-26(2)12-17-21(18(32)13-26)22(14-6-8-16(27)9-7-14)31-25(28-17)29-24(30-31)15-10-19(33-3)23(35-5)20(11-15)34-4/h6-11,22H,12-13H2,1-5H3,(H,28,29,30)/t22-/m0/s1. The van der Waals surface area contributed by atoms with Crippen LogP contribution in [-0.4, -0.2) is 41.9 Å². The Bertz CT molecular complexity index is 1320. The number of nitrogens with zero attached hydrogens (tertiary/aromatic N) is 3. The number of aromatic nitrogens is 3. The van der Waals surface area contributed by atoms with Gasteiger partial charge in [0.05, 0.1) is 21.3 Å². The van der Waals surface area contributed by atoms with Gasteiger partial charge in [-0.3, -0.25) is 4.79 Å². The number of carbonyl (C=O) groups is 1. The number of benzene rings is 2. The van der Waals surface area contributed by atoms with Gasteiger partial charge in [-0.15, -0.1) is 5.10 Å². The molecule has 0 unspecified atom stereocenters. The Balaban J connectivity index is 1.67. The summed E-state index contributed by atoms with van der Waals surface area (Å²) in [5.41, 5.74) is 3.08. The second kappa shape index (κ2) is 8.61.